The Morgan fingerprint density at radius 3 is 2.55 bits per heavy atom. The van der Waals surface area contributed by atoms with Gasteiger partial charge in [-0.25, -0.2) is 0 Å². The van der Waals surface area contributed by atoms with Crippen LogP contribution >= 0.6 is 0 Å². The van der Waals surface area contributed by atoms with Gasteiger partial charge in [-0.05, 0) is 25.7 Å². The van der Waals surface area contributed by atoms with Crippen LogP contribution in [0.25, 0.3) is 0 Å². The van der Waals surface area contributed by atoms with Gasteiger partial charge in [0.2, 0.25) is 0 Å². The average Bonchev–Trinajstić information content (AvgIpc) is 2.76. The lowest BCUT2D eigenvalue weighted by Gasteiger charge is -2.29. The highest BCUT2D eigenvalue weighted by Gasteiger charge is 2.29. The van der Waals surface area contributed by atoms with Crippen LogP contribution < -0.4 is 0 Å². The predicted octanol–water partition coefficient (Wildman–Crippen LogP) is 2.11. The summed E-state index contributed by atoms with van der Waals surface area (Å²) in [5.41, 5.74) is 2.69. The fraction of sp³-hybridized carbons (Fsp3) is 0.733. The molecule has 112 valence electrons. The lowest BCUT2D eigenvalue weighted by molar-refractivity contribution is -0.136. The van der Waals surface area contributed by atoms with E-state index in [9.17, 15) is 9.90 Å². The molecule has 0 radical (unpaired) electrons. The van der Waals surface area contributed by atoms with E-state index in [4.69, 9.17) is 5.11 Å². The topological polar surface area (TPSA) is 75.3 Å². The smallest absolute Gasteiger partial charge is 0.307 e. The summed E-state index contributed by atoms with van der Waals surface area (Å²) < 4.78 is 1.92. The van der Waals surface area contributed by atoms with Crippen LogP contribution in [-0.4, -0.2) is 32.1 Å². The summed E-state index contributed by atoms with van der Waals surface area (Å²) in [6, 6.07) is 0.00606. The van der Waals surface area contributed by atoms with Gasteiger partial charge in [-0.1, -0.05) is 26.7 Å². The summed E-state index contributed by atoms with van der Waals surface area (Å²) in [6.07, 6.45) is 5.02. The highest BCUT2D eigenvalue weighted by Crippen LogP contribution is 2.31. The van der Waals surface area contributed by atoms with Gasteiger partial charge >= 0.3 is 5.97 Å². The molecule has 0 aromatic carbocycles. The molecule has 2 rings (SSSR count). The molecule has 20 heavy (non-hydrogen) atoms. The summed E-state index contributed by atoms with van der Waals surface area (Å²) in [6.45, 7) is 4.02. The van der Waals surface area contributed by atoms with Gasteiger partial charge in [-0.2, -0.15) is 5.10 Å². The number of aliphatic hydroxyl groups excluding tert-OH is 1. The first kappa shape index (κ1) is 15.0. The van der Waals surface area contributed by atoms with Gasteiger partial charge in [0.1, 0.15) is 0 Å². The number of aliphatic hydroxyl groups is 1. The van der Waals surface area contributed by atoms with Crippen LogP contribution in [0.4, 0.5) is 0 Å². The van der Waals surface area contributed by atoms with E-state index in [0.717, 1.165) is 55.5 Å². The van der Waals surface area contributed by atoms with Crippen LogP contribution in [0.3, 0.4) is 0 Å². The minimum Gasteiger partial charge on any atom is -0.481 e. The number of carboxylic acids is 1. The third-order valence-corrected chi connectivity index (χ3v) is 4.21. The number of rotatable bonds is 5. The Hall–Kier alpha value is -1.36. The Balaban J connectivity index is 2.41. The van der Waals surface area contributed by atoms with Crippen molar-refractivity contribution in [3.63, 3.8) is 0 Å². The Morgan fingerprint density at radius 1 is 1.30 bits per heavy atom. The Morgan fingerprint density at radius 2 is 2.00 bits per heavy atom. The molecule has 1 heterocycles. The van der Waals surface area contributed by atoms with E-state index in [1.807, 2.05) is 18.5 Å². The maximum absolute atomic E-state index is 11.1. The first-order chi connectivity index (χ1) is 9.58. The number of hydrogen-bond acceptors (Lipinski definition) is 3. The molecule has 2 unspecified atom stereocenters. The van der Waals surface area contributed by atoms with Crippen molar-refractivity contribution in [3.8, 4) is 0 Å². The molecule has 2 atom stereocenters. The molecule has 1 aliphatic rings. The zero-order valence-corrected chi connectivity index (χ0v) is 12.3. The number of aliphatic carboxylic acids is 1. The van der Waals surface area contributed by atoms with Crippen molar-refractivity contribution in [3.05, 3.63) is 17.0 Å². The van der Waals surface area contributed by atoms with Crippen LogP contribution in [-0.2, 0) is 24.1 Å². The zero-order chi connectivity index (χ0) is 14.7. The average molecular weight is 280 g/mol. The first-order valence-corrected chi connectivity index (χ1v) is 7.57. The molecule has 5 heteroatoms. The quantitative estimate of drug-likeness (QED) is 0.866. The van der Waals surface area contributed by atoms with Gasteiger partial charge in [0.05, 0.1) is 24.3 Å². The van der Waals surface area contributed by atoms with Gasteiger partial charge in [0, 0.05) is 11.3 Å². The molecule has 0 bridgehead atoms. The van der Waals surface area contributed by atoms with E-state index in [1.54, 1.807) is 0 Å². The molecular weight excluding hydrogens is 256 g/mol. The third-order valence-electron chi connectivity index (χ3n) is 4.21. The van der Waals surface area contributed by atoms with Crippen molar-refractivity contribution in [2.75, 3.05) is 0 Å². The number of aromatic nitrogens is 2. The molecule has 1 aromatic rings. The maximum Gasteiger partial charge on any atom is 0.307 e. The van der Waals surface area contributed by atoms with Crippen molar-refractivity contribution in [1.82, 2.24) is 9.78 Å². The molecule has 0 spiro atoms. The van der Waals surface area contributed by atoms with Crippen LogP contribution in [0.2, 0.25) is 0 Å². The van der Waals surface area contributed by atoms with Gasteiger partial charge in [-0.15, -0.1) is 0 Å². The summed E-state index contributed by atoms with van der Waals surface area (Å²) in [5, 5.41) is 23.9. The van der Waals surface area contributed by atoms with Crippen molar-refractivity contribution >= 4 is 5.97 Å². The van der Waals surface area contributed by atoms with Crippen molar-refractivity contribution in [2.24, 2.45) is 0 Å². The van der Waals surface area contributed by atoms with E-state index in [2.05, 4.69) is 5.10 Å². The molecule has 1 aliphatic carbocycles. The van der Waals surface area contributed by atoms with Crippen molar-refractivity contribution in [2.45, 2.75) is 70.9 Å². The van der Waals surface area contributed by atoms with E-state index >= 15 is 0 Å². The van der Waals surface area contributed by atoms with Gasteiger partial charge in [0.15, 0.2) is 0 Å². The Labute approximate surface area is 119 Å². The molecule has 1 fully saturated rings. The van der Waals surface area contributed by atoms with Crippen LogP contribution in [0.15, 0.2) is 0 Å². The molecule has 1 saturated carbocycles. The molecular formula is C15H24N2O3. The van der Waals surface area contributed by atoms with Gasteiger partial charge in [0.25, 0.3) is 0 Å². The van der Waals surface area contributed by atoms with Crippen LogP contribution in [0, 0.1) is 0 Å². The number of nitrogens with zero attached hydrogens (tertiary/aromatic N) is 2. The molecule has 0 saturated heterocycles. The lowest BCUT2D eigenvalue weighted by atomic mass is 9.92. The maximum atomic E-state index is 11.1. The summed E-state index contributed by atoms with van der Waals surface area (Å²) >= 11 is 0. The summed E-state index contributed by atoms with van der Waals surface area (Å²) in [7, 11) is 0. The fourth-order valence-electron chi connectivity index (χ4n) is 3.22. The molecule has 1 aromatic heterocycles. The second-order valence-corrected chi connectivity index (χ2v) is 5.51. The lowest BCUT2D eigenvalue weighted by Crippen LogP contribution is -2.29. The Kier molecular flexibility index (Phi) is 4.81. The van der Waals surface area contributed by atoms with E-state index in [0.29, 0.717) is 0 Å². The highest BCUT2D eigenvalue weighted by atomic mass is 16.4. The largest absolute Gasteiger partial charge is 0.481 e. The first-order valence-electron chi connectivity index (χ1n) is 7.57. The summed E-state index contributed by atoms with van der Waals surface area (Å²) in [4.78, 5) is 11.1. The summed E-state index contributed by atoms with van der Waals surface area (Å²) in [5.74, 6) is -0.821. The molecule has 0 aliphatic heterocycles. The SMILES string of the molecule is CCc1nn(C2CCCCC2O)c(CC)c1CC(=O)O. The van der Waals surface area contributed by atoms with Crippen LogP contribution in [0.5, 0.6) is 0 Å². The standard InChI is InChI=1S/C15H24N2O3/c1-3-11-10(9-15(19)20)12(4-2)17(16-11)13-7-5-6-8-14(13)18/h13-14,18H,3-9H2,1-2H3,(H,19,20). The number of carboxylic acid groups (broad SMARTS) is 1. The number of aryl methyl sites for hydroxylation is 1. The number of carbonyl (C=O) groups is 1. The van der Waals surface area contributed by atoms with Crippen molar-refractivity contribution < 1.29 is 15.0 Å². The van der Waals surface area contributed by atoms with E-state index in [1.165, 1.54) is 0 Å². The minimum absolute atomic E-state index is 0.00606. The van der Waals surface area contributed by atoms with E-state index < -0.39 is 5.97 Å². The normalized spacial score (nSPS) is 22.9. The minimum atomic E-state index is -0.821. The van der Waals surface area contributed by atoms with E-state index in [-0.39, 0.29) is 18.6 Å². The van der Waals surface area contributed by atoms with Gasteiger partial charge < -0.3 is 10.2 Å². The molecule has 2 N–H and O–H groups in total. The predicted molar refractivity (Wildman–Crippen MR) is 75.8 cm³/mol. The fourth-order valence-corrected chi connectivity index (χ4v) is 3.22. The van der Waals surface area contributed by atoms with Gasteiger partial charge in [-0.3, -0.25) is 9.48 Å². The van der Waals surface area contributed by atoms with Crippen molar-refractivity contribution in [1.29, 1.82) is 0 Å². The highest BCUT2D eigenvalue weighted by molar-refractivity contribution is 5.71. The monoisotopic (exact) mass is 280 g/mol. The molecule has 5 nitrogen and oxygen atoms in total. The third kappa shape index (κ3) is 2.87. The number of hydrogen-bond donors (Lipinski definition) is 2. The van der Waals surface area contributed by atoms with Crippen LogP contribution in [0.1, 0.15) is 62.5 Å². The second kappa shape index (κ2) is 6.39. The second-order valence-electron chi connectivity index (χ2n) is 5.51. The molecule has 0 amide bonds. The Bertz CT molecular complexity index is 482. The zero-order valence-electron chi connectivity index (χ0n) is 12.3.